The van der Waals surface area contributed by atoms with E-state index in [0.717, 1.165) is 4.47 Å². The van der Waals surface area contributed by atoms with Crippen molar-refractivity contribution in [2.75, 3.05) is 0 Å². The van der Waals surface area contributed by atoms with Crippen molar-refractivity contribution in [3.05, 3.63) is 33.3 Å². The fourth-order valence-electron chi connectivity index (χ4n) is 4.54. The van der Waals surface area contributed by atoms with Gasteiger partial charge in [-0.2, -0.15) is 0 Å². The summed E-state index contributed by atoms with van der Waals surface area (Å²) in [5, 5.41) is 3.78. The number of hydrogen-bond donors (Lipinski definition) is 1. The van der Waals surface area contributed by atoms with Gasteiger partial charge in [-0.15, -0.1) is 0 Å². The molecule has 2 saturated carbocycles. The van der Waals surface area contributed by atoms with Crippen molar-refractivity contribution < 1.29 is 4.79 Å². The molecule has 1 amide bonds. The smallest absolute Gasteiger partial charge is 0.253 e. The van der Waals surface area contributed by atoms with Gasteiger partial charge in [0.2, 0.25) is 0 Å². The van der Waals surface area contributed by atoms with Gasteiger partial charge in [0, 0.05) is 10.5 Å². The summed E-state index contributed by atoms with van der Waals surface area (Å²) in [4.78, 5) is 12.7. The topological polar surface area (TPSA) is 29.1 Å². The third-order valence-electron chi connectivity index (χ3n) is 5.72. The molecule has 1 N–H and O–H groups in total. The summed E-state index contributed by atoms with van der Waals surface area (Å²) in [6, 6.07) is 5.61. The summed E-state index contributed by atoms with van der Waals surface area (Å²) < 4.78 is 0.871. The van der Waals surface area contributed by atoms with E-state index in [9.17, 15) is 4.79 Å². The lowest BCUT2D eigenvalue weighted by Crippen LogP contribution is -2.52. The molecule has 0 aliphatic heterocycles. The van der Waals surface area contributed by atoms with Crippen molar-refractivity contribution >= 4 is 33.4 Å². The molecular formula is C17H21BrClNO. The first kappa shape index (κ1) is 15.4. The molecule has 1 aromatic carbocycles. The highest BCUT2D eigenvalue weighted by Crippen LogP contribution is 2.62. The molecule has 1 aromatic rings. The average Bonchev–Trinajstić information content (AvgIpc) is 2.88. The third kappa shape index (κ3) is 2.43. The highest BCUT2D eigenvalue weighted by atomic mass is 79.9. The maximum atomic E-state index is 12.7. The van der Waals surface area contributed by atoms with Crippen molar-refractivity contribution in [2.45, 2.75) is 46.1 Å². The lowest BCUT2D eigenvalue weighted by Gasteiger charge is -2.43. The zero-order valence-electron chi connectivity index (χ0n) is 12.7. The summed E-state index contributed by atoms with van der Waals surface area (Å²) in [6.07, 6.45) is 3.71. The van der Waals surface area contributed by atoms with Crippen molar-refractivity contribution in [1.29, 1.82) is 0 Å². The number of carbonyl (C=O) groups excluding carboxylic acids is 1. The predicted molar refractivity (Wildman–Crippen MR) is 89.6 cm³/mol. The number of amides is 1. The summed E-state index contributed by atoms with van der Waals surface area (Å²) in [7, 11) is 0. The number of rotatable bonds is 2. The number of benzene rings is 1. The van der Waals surface area contributed by atoms with Crippen LogP contribution in [0.15, 0.2) is 22.7 Å². The Balaban J connectivity index is 1.86. The molecule has 114 valence electrons. The van der Waals surface area contributed by atoms with E-state index in [1.807, 2.05) is 6.07 Å². The maximum Gasteiger partial charge on any atom is 0.253 e. The van der Waals surface area contributed by atoms with E-state index in [0.29, 0.717) is 16.5 Å². The summed E-state index contributed by atoms with van der Waals surface area (Å²) >= 11 is 9.58. The van der Waals surface area contributed by atoms with Crippen LogP contribution in [0.25, 0.3) is 0 Å². The second-order valence-electron chi connectivity index (χ2n) is 7.45. The molecule has 2 bridgehead atoms. The molecule has 0 saturated heterocycles. The maximum absolute atomic E-state index is 12.7. The van der Waals surface area contributed by atoms with Crippen molar-refractivity contribution in [2.24, 2.45) is 16.7 Å². The molecule has 4 heteroatoms. The van der Waals surface area contributed by atoms with Gasteiger partial charge in [-0.25, -0.2) is 0 Å². The molecule has 0 spiro atoms. The van der Waals surface area contributed by atoms with Crippen molar-refractivity contribution in [3.63, 3.8) is 0 Å². The average molecular weight is 371 g/mol. The fraction of sp³-hybridized carbons (Fsp3) is 0.588. The first-order valence-electron chi connectivity index (χ1n) is 7.50. The second-order valence-corrected chi connectivity index (χ2v) is 8.77. The number of nitrogens with one attached hydrogen (secondary N) is 1. The lowest BCUT2D eigenvalue weighted by atomic mass is 9.68. The molecule has 0 radical (unpaired) electrons. The lowest BCUT2D eigenvalue weighted by molar-refractivity contribution is 0.0737. The van der Waals surface area contributed by atoms with Crippen LogP contribution in [0, 0.1) is 16.7 Å². The van der Waals surface area contributed by atoms with Gasteiger partial charge in [0.15, 0.2) is 0 Å². The molecule has 2 nitrogen and oxygen atoms in total. The highest BCUT2D eigenvalue weighted by Gasteiger charge is 2.59. The zero-order chi connectivity index (χ0) is 15.4. The SMILES string of the molecule is CC12CCC(C1)C(C)(C)C2NC(=O)c1cc(Br)ccc1Cl. The standard InChI is InChI=1S/C17H21BrClNO/c1-16(2)10-6-7-17(3,9-10)15(16)20-14(21)12-8-11(18)4-5-13(12)19/h4-5,8,10,15H,6-7,9H2,1-3H3,(H,20,21). The largest absolute Gasteiger partial charge is 0.348 e. The van der Waals surface area contributed by atoms with Crippen LogP contribution >= 0.6 is 27.5 Å². The van der Waals surface area contributed by atoms with E-state index >= 15 is 0 Å². The Labute approximate surface area is 139 Å². The Morgan fingerprint density at radius 2 is 2.10 bits per heavy atom. The van der Waals surface area contributed by atoms with E-state index in [2.05, 4.69) is 42.0 Å². The Bertz CT molecular complexity index is 596. The summed E-state index contributed by atoms with van der Waals surface area (Å²) in [5.74, 6) is 0.652. The third-order valence-corrected chi connectivity index (χ3v) is 6.54. The summed E-state index contributed by atoms with van der Waals surface area (Å²) in [5.41, 5.74) is 0.928. The minimum absolute atomic E-state index is 0.0619. The molecule has 2 fully saturated rings. The first-order chi connectivity index (χ1) is 9.74. The van der Waals surface area contributed by atoms with Crippen LogP contribution in [0.3, 0.4) is 0 Å². The molecule has 3 unspecified atom stereocenters. The minimum atomic E-state index is -0.0619. The van der Waals surface area contributed by atoms with Crippen molar-refractivity contribution in [1.82, 2.24) is 5.32 Å². The number of hydrogen-bond acceptors (Lipinski definition) is 1. The van der Waals surface area contributed by atoms with E-state index < -0.39 is 0 Å². The van der Waals surface area contributed by atoms with Crippen LogP contribution in [0.2, 0.25) is 5.02 Å². The van der Waals surface area contributed by atoms with Crippen molar-refractivity contribution in [3.8, 4) is 0 Å². The molecule has 21 heavy (non-hydrogen) atoms. The van der Waals surface area contributed by atoms with Crippen LogP contribution in [0.4, 0.5) is 0 Å². The van der Waals surface area contributed by atoms with Crippen LogP contribution in [-0.4, -0.2) is 11.9 Å². The van der Waals surface area contributed by atoms with Gasteiger partial charge in [-0.05, 0) is 54.2 Å². The van der Waals surface area contributed by atoms with Gasteiger partial charge in [-0.1, -0.05) is 48.3 Å². The predicted octanol–water partition coefficient (Wildman–Crippen LogP) is 5.05. The second kappa shape index (κ2) is 4.99. The molecule has 3 rings (SSSR count). The summed E-state index contributed by atoms with van der Waals surface area (Å²) in [6.45, 7) is 6.89. The number of halogens is 2. The van der Waals surface area contributed by atoms with Gasteiger partial charge < -0.3 is 5.32 Å². The molecule has 2 aliphatic carbocycles. The fourth-order valence-corrected chi connectivity index (χ4v) is 5.11. The highest BCUT2D eigenvalue weighted by molar-refractivity contribution is 9.10. The van der Waals surface area contributed by atoms with Gasteiger partial charge in [-0.3, -0.25) is 4.79 Å². The normalized spacial score (nSPS) is 33.2. The van der Waals surface area contributed by atoms with Crippen LogP contribution in [0.5, 0.6) is 0 Å². The Morgan fingerprint density at radius 3 is 2.71 bits per heavy atom. The Hall–Kier alpha value is -0.540. The molecule has 0 heterocycles. The van der Waals surface area contributed by atoms with Crippen LogP contribution in [0.1, 0.15) is 50.4 Å². The quantitative estimate of drug-likeness (QED) is 0.775. The molecule has 0 aromatic heterocycles. The number of carbonyl (C=O) groups is 1. The molecular weight excluding hydrogens is 350 g/mol. The monoisotopic (exact) mass is 369 g/mol. The van der Waals surface area contributed by atoms with E-state index in [1.165, 1.54) is 19.3 Å². The zero-order valence-corrected chi connectivity index (χ0v) is 15.0. The number of fused-ring (bicyclic) bond motifs is 2. The van der Waals surface area contributed by atoms with Crippen LogP contribution < -0.4 is 5.32 Å². The Kier molecular flexibility index (Phi) is 3.65. The Morgan fingerprint density at radius 1 is 1.38 bits per heavy atom. The minimum Gasteiger partial charge on any atom is -0.348 e. The first-order valence-corrected chi connectivity index (χ1v) is 8.67. The molecule has 3 atom stereocenters. The van der Waals surface area contributed by atoms with Gasteiger partial charge in [0.25, 0.3) is 5.91 Å². The van der Waals surface area contributed by atoms with Gasteiger partial charge in [0.05, 0.1) is 10.6 Å². The van der Waals surface area contributed by atoms with E-state index in [-0.39, 0.29) is 22.8 Å². The molecule has 2 aliphatic rings. The van der Waals surface area contributed by atoms with Gasteiger partial charge in [0.1, 0.15) is 0 Å². The van der Waals surface area contributed by atoms with Gasteiger partial charge >= 0.3 is 0 Å². The van der Waals surface area contributed by atoms with Crippen LogP contribution in [-0.2, 0) is 0 Å². The van der Waals surface area contributed by atoms with E-state index in [1.54, 1.807) is 12.1 Å². The van der Waals surface area contributed by atoms with E-state index in [4.69, 9.17) is 11.6 Å².